The Kier molecular flexibility index (Phi) is 6.49. The highest BCUT2D eigenvalue weighted by atomic mass is 19.1. The molecule has 1 unspecified atom stereocenters. The van der Waals surface area contributed by atoms with Crippen LogP contribution in [0.2, 0.25) is 0 Å². The number of aryl methyl sites for hydroxylation is 1. The number of benzene rings is 1. The van der Waals surface area contributed by atoms with Crippen LogP contribution in [0.5, 0.6) is 0 Å². The predicted molar refractivity (Wildman–Crippen MR) is 116 cm³/mol. The number of pyridine rings is 1. The SMILES string of the molecule is Cc1cccnc1C(NC(=O)C1CCN(C(=O)N2CCCC2)CC1)c1ccc(F)cc1. The van der Waals surface area contributed by atoms with E-state index in [1.807, 2.05) is 28.9 Å². The molecule has 2 aliphatic heterocycles. The summed E-state index contributed by atoms with van der Waals surface area (Å²) in [5.41, 5.74) is 2.51. The van der Waals surface area contributed by atoms with E-state index in [1.165, 1.54) is 12.1 Å². The first-order valence-electron chi connectivity index (χ1n) is 11.0. The first-order chi connectivity index (χ1) is 15.0. The van der Waals surface area contributed by atoms with Crippen molar-refractivity contribution < 1.29 is 14.0 Å². The molecule has 6 nitrogen and oxygen atoms in total. The van der Waals surface area contributed by atoms with Gasteiger partial charge in [0, 0.05) is 38.3 Å². The predicted octanol–water partition coefficient (Wildman–Crippen LogP) is 3.66. The summed E-state index contributed by atoms with van der Waals surface area (Å²) in [5, 5.41) is 3.14. The Morgan fingerprint density at radius 1 is 1.03 bits per heavy atom. The summed E-state index contributed by atoms with van der Waals surface area (Å²) in [7, 11) is 0. The third-order valence-electron chi connectivity index (χ3n) is 6.33. The van der Waals surface area contributed by atoms with Crippen LogP contribution in [0.25, 0.3) is 0 Å². The number of carbonyl (C=O) groups is 2. The molecule has 0 saturated carbocycles. The van der Waals surface area contributed by atoms with Crippen molar-refractivity contribution in [2.75, 3.05) is 26.2 Å². The van der Waals surface area contributed by atoms with E-state index in [-0.39, 0.29) is 23.7 Å². The molecule has 4 rings (SSSR count). The van der Waals surface area contributed by atoms with Crippen LogP contribution in [0.1, 0.15) is 48.5 Å². The second-order valence-electron chi connectivity index (χ2n) is 8.44. The average Bonchev–Trinajstić information content (AvgIpc) is 3.33. The Bertz CT molecular complexity index is 919. The van der Waals surface area contributed by atoms with Gasteiger partial charge in [-0.2, -0.15) is 0 Å². The lowest BCUT2D eigenvalue weighted by Gasteiger charge is -2.34. The zero-order chi connectivity index (χ0) is 21.8. The molecule has 0 spiro atoms. The van der Waals surface area contributed by atoms with Crippen molar-refractivity contribution in [2.45, 2.75) is 38.6 Å². The number of urea groups is 1. The summed E-state index contributed by atoms with van der Waals surface area (Å²) >= 11 is 0. The summed E-state index contributed by atoms with van der Waals surface area (Å²) in [4.78, 5) is 34.0. The number of halogens is 1. The van der Waals surface area contributed by atoms with Crippen molar-refractivity contribution in [3.63, 3.8) is 0 Å². The van der Waals surface area contributed by atoms with Crippen LogP contribution >= 0.6 is 0 Å². The van der Waals surface area contributed by atoms with E-state index in [9.17, 15) is 14.0 Å². The van der Waals surface area contributed by atoms with E-state index in [1.54, 1.807) is 18.3 Å². The molecule has 0 radical (unpaired) electrons. The molecule has 3 heterocycles. The molecule has 2 fully saturated rings. The van der Waals surface area contributed by atoms with Crippen LogP contribution in [0, 0.1) is 18.7 Å². The van der Waals surface area contributed by atoms with Crippen LogP contribution in [-0.4, -0.2) is 52.9 Å². The van der Waals surface area contributed by atoms with E-state index in [0.717, 1.165) is 42.8 Å². The molecule has 1 N–H and O–H groups in total. The summed E-state index contributed by atoms with van der Waals surface area (Å²) in [6, 6.07) is 9.63. The highest BCUT2D eigenvalue weighted by molar-refractivity contribution is 5.80. The van der Waals surface area contributed by atoms with Crippen molar-refractivity contribution in [1.82, 2.24) is 20.1 Å². The molecule has 2 saturated heterocycles. The average molecular weight is 425 g/mol. The van der Waals surface area contributed by atoms with Gasteiger partial charge >= 0.3 is 6.03 Å². The molecule has 1 atom stereocenters. The molecule has 2 aromatic rings. The zero-order valence-electron chi connectivity index (χ0n) is 17.9. The zero-order valence-corrected chi connectivity index (χ0v) is 17.9. The minimum Gasteiger partial charge on any atom is -0.343 e. The molecular weight excluding hydrogens is 395 g/mol. The van der Waals surface area contributed by atoms with E-state index < -0.39 is 6.04 Å². The lowest BCUT2D eigenvalue weighted by atomic mass is 9.94. The van der Waals surface area contributed by atoms with Gasteiger partial charge in [0.1, 0.15) is 5.82 Å². The number of nitrogens with zero attached hydrogens (tertiary/aromatic N) is 3. The molecule has 3 amide bonds. The molecule has 1 aromatic carbocycles. The maximum Gasteiger partial charge on any atom is 0.319 e. The Morgan fingerprint density at radius 3 is 2.32 bits per heavy atom. The minimum absolute atomic E-state index is 0.0485. The number of rotatable bonds is 4. The molecule has 31 heavy (non-hydrogen) atoms. The number of piperidine rings is 1. The third kappa shape index (κ3) is 4.86. The van der Waals surface area contributed by atoms with Gasteiger partial charge in [0.05, 0.1) is 11.7 Å². The van der Waals surface area contributed by atoms with Gasteiger partial charge in [0.2, 0.25) is 5.91 Å². The van der Waals surface area contributed by atoms with E-state index >= 15 is 0 Å². The third-order valence-corrected chi connectivity index (χ3v) is 6.33. The molecule has 0 bridgehead atoms. The molecule has 7 heteroatoms. The molecule has 0 aliphatic carbocycles. The fourth-order valence-electron chi connectivity index (χ4n) is 4.47. The van der Waals surface area contributed by atoms with Gasteiger partial charge in [-0.05, 0) is 61.9 Å². The molecular formula is C24H29FN4O2. The van der Waals surface area contributed by atoms with Crippen LogP contribution < -0.4 is 5.32 Å². The fraction of sp³-hybridized carbons (Fsp3) is 0.458. The van der Waals surface area contributed by atoms with Gasteiger partial charge in [0.15, 0.2) is 0 Å². The Balaban J connectivity index is 1.44. The largest absolute Gasteiger partial charge is 0.343 e. The summed E-state index contributed by atoms with van der Waals surface area (Å²) in [6.45, 7) is 4.81. The van der Waals surface area contributed by atoms with Gasteiger partial charge in [-0.15, -0.1) is 0 Å². The number of aromatic nitrogens is 1. The summed E-state index contributed by atoms with van der Waals surface area (Å²) in [5.74, 6) is -0.524. The maximum atomic E-state index is 13.5. The minimum atomic E-state index is -0.446. The number of amides is 3. The van der Waals surface area contributed by atoms with Gasteiger partial charge in [-0.1, -0.05) is 18.2 Å². The second kappa shape index (κ2) is 9.45. The van der Waals surface area contributed by atoms with Gasteiger partial charge in [-0.3, -0.25) is 9.78 Å². The number of hydrogen-bond donors (Lipinski definition) is 1. The second-order valence-corrected chi connectivity index (χ2v) is 8.44. The standard InChI is InChI=1S/C24H29FN4O2/c1-17-5-4-12-26-21(17)22(18-6-8-20(25)9-7-18)27-23(30)19-10-15-29(16-11-19)24(31)28-13-2-3-14-28/h4-9,12,19,22H,2-3,10-11,13-16H2,1H3,(H,27,30). The van der Waals surface area contributed by atoms with Crippen molar-refractivity contribution in [1.29, 1.82) is 0 Å². The Hall–Kier alpha value is -2.96. The van der Waals surface area contributed by atoms with Gasteiger partial charge in [-0.25, -0.2) is 9.18 Å². The number of nitrogens with one attached hydrogen (secondary N) is 1. The van der Waals surface area contributed by atoms with Crippen LogP contribution in [-0.2, 0) is 4.79 Å². The number of likely N-dealkylation sites (tertiary alicyclic amines) is 2. The monoisotopic (exact) mass is 424 g/mol. The van der Waals surface area contributed by atoms with Gasteiger partial charge < -0.3 is 15.1 Å². The summed E-state index contributed by atoms with van der Waals surface area (Å²) in [6.07, 6.45) is 5.13. The van der Waals surface area contributed by atoms with Gasteiger partial charge in [0.25, 0.3) is 0 Å². The fourth-order valence-corrected chi connectivity index (χ4v) is 4.47. The lowest BCUT2D eigenvalue weighted by Crippen LogP contribution is -2.48. The quantitative estimate of drug-likeness (QED) is 0.815. The van der Waals surface area contributed by atoms with Crippen molar-refractivity contribution in [2.24, 2.45) is 5.92 Å². The normalized spacial score (nSPS) is 18.1. The Morgan fingerprint density at radius 2 is 1.68 bits per heavy atom. The lowest BCUT2D eigenvalue weighted by molar-refractivity contribution is -0.126. The molecule has 1 aromatic heterocycles. The van der Waals surface area contributed by atoms with Crippen LogP contribution in [0.4, 0.5) is 9.18 Å². The summed E-state index contributed by atoms with van der Waals surface area (Å²) < 4.78 is 13.5. The van der Waals surface area contributed by atoms with Crippen molar-refractivity contribution >= 4 is 11.9 Å². The highest BCUT2D eigenvalue weighted by Crippen LogP contribution is 2.26. The molecule has 164 valence electrons. The highest BCUT2D eigenvalue weighted by Gasteiger charge is 2.32. The number of hydrogen-bond acceptors (Lipinski definition) is 3. The smallest absolute Gasteiger partial charge is 0.319 e. The van der Waals surface area contributed by atoms with Crippen molar-refractivity contribution in [3.05, 3.63) is 65.2 Å². The topological polar surface area (TPSA) is 65.5 Å². The first kappa shape index (κ1) is 21.3. The number of carbonyl (C=O) groups excluding carboxylic acids is 2. The first-order valence-corrected chi connectivity index (χ1v) is 11.0. The van der Waals surface area contributed by atoms with E-state index in [2.05, 4.69) is 10.3 Å². The van der Waals surface area contributed by atoms with Crippen molar-refractivity contribution in [3.8, 4) is 0 Å². The van der Waals surface area contributed by atoms with E-state index in [4.69, 9.17) is 0 Å². The molecule has 2 aliphatic rings. The Labute approximate surface area is 182 Å². The van der Waals surface area contributed by atoms with E-state index in [0.29, 0.717) is 25.9 Å². The maximum absolute atomic E-state index is 13.5. The van der Waals surface area contributed by atoms with Crippen LogP contribution in [0.3, 0.4) is 0 Å². The van der Waals surface area contributed by atoms with Crippen LogP contribution in [0.15, 0.2) is 42.6 Å².